The van der Waals surface area contributed by atoms with E-state index >= 15 is 0 Å². The zero-order valence-electron chi connectivity index (χ0n) is 10.8. The monoisotopic (exact) mass is 266 g/mol. The third kappa shape index (κ3) is 2.52. The molecule has 1 amide bonds. The van der Waals surface area contributed by atoms with Crippen LogP contribution in [0, 0.1) is 12.8 Å². The van der Waals surface area contributed by atoms with Crippen LogP contribution in [0.5, 0.6) is 0 Å². The summed E-state index contributed by atoms with van der Waals surface area (Å²) in [6.07, 6.45) is 2.27. The zero-order chi connectivity index (χ0) is 13.3. The third-order valence-electron chi connectivity index (χ3n) is 3.74. The van der Waals surface area contributed by atoms with Crippen molar-refractivity contribution in [3.05, 3.63) is 34.3 Å². The van der Waals surface area contributed by atoms with Crippen LogP contribution in [0.3, 0.4) is 0 Å². The Labute approximate surface area is 113 Å². The van der Waals surface area contributed by atoms with E-state index in [1.165, 1.54) is 0 Å². The molecule has 0 spiro atoms. The van der Waals surface area contributed by atoms with Gasteiger partial charge in [-0.2, -0.15) is 0 Å². The molecular weight excluding hydrogens is 248 g/mol. The van der Waals surface area contributed by atoms with Crippen molar-refractivity contribution in [2.75, 3.05) is 6.54 Å². The van der Waals surface area contributed by atoms with Crippen molar-refractivity contribution in [1.82, 2.24) is 5.32 Å². The van der Waals surface area contributed by atoms with Gasteiger partial charge >= 0.3 is 0 Å². The first-order valence-corrected chi connectivity index (χ1v) is 6.63. The van der Waals surface area contributed by atoms with Gasteiger partial charge < -0.3 is 11.1 Å². The van der Waals surface area contributed by atoms with E-state index in [1.54, 1.807) is 6.07 Å². The minimum absolute atomic E-state index is 0.136. The number of carbonyl (C=O) groups excluding carboxylic acids is 1. The van der Waals surface area contributed by atoms with Crippen molar-refractivity contribution in [2.45, 2.75) is 32.2 Å². The van der Waals surface area contributed by atoms with E-state index in [1.807, 2.05) is 26.0 Å². The van der Waals surface area contributed by atoms with Crippen LogP contribution in [-0.2, 0) is 0 Å². The van der Waals surface area contributed by atoms with Crippen molar-refractivity contribution in [1.29, 1.82) is 0 Å². The summed E-state index contributed by atoms with van der Waals surface area (Å²) in [4.78, 5) is 12.3. The topological polar surface area (TPSA) is 55.1 Å². The van der Waals surface area contributed by atoms with E-state index in [2.05, 4.69) is 5.32 Å². The van der Waals surface area contributed by atoms with E-state index < -0.39 is 0 Å². The Morgan fingerprint density at radius 3 is 2.78 bits per heavy atom. The summed E-state index contributed by atoms with van der Waals surface area (Å²) in [6.45, 7) is 4.35. The first kappa shape index (κ1) is 13.4. The van der Waals surface area contributed by atoms with Gasteiger partial charge in [0.05, 0.1) is 16.1 Å². The van der Waals surface area contributed by atoms with Crippen LogP contribution >= 0.6 is 11.6 Å². The van der Waals surface area contributed by atoms with E-state index in [0.717, 1.165) is 18.4 Å². The quantitative estimate of drug-likeness (QED) is 0.880. The molecule has 98 valence electrons. The predicted octanol–water partition coefficient (Wildman–Crippen LogP) is 2.51. The fourth-order valence-corrected chi connectivity index (χ4v) is 2.40. The molecule has 0 radical (unpaired) electrons. The highest BCUT2D eigenvalue weighted by Gasteiger charge is 2.41. The van der Waals surface area contributed by atoms with Gasteiger partial charge in [-0.3, -0.25) is 4.79 Å². The lowest BCUT2D eigenvalue weighted by atomic mass is 9.95. The fourth-order valence-electron chi connectivity index (χ4n) is 2.19. The van der Waals surface area contributed by atoms with Gasteiger partial charge in [0.1, 0.15) is 0 Å². The Kier molecular flexibility index (Phi) is 3.64. The summed E-state index contributed by atoms with van der Waals surface area (Å²) in [5.74, 6) is 0.360. The van der Waals surface area contributed by atoms with Gasteiger partial charge in [-0.15, -0.1) is 0 Å². The summed E-state index contributed by atoms with van der Waals surface area (Å²) >= 11 is 6.16. The minimum Gasteiger partial charge on any atom is -0.345 e. The number of amides is 1. The van der Waals surface area contributed by atoms with Crippen molar-refractivity contribution < 1.29 is 4.79 Å². The maximum atomic E-state index is 12.3. The van der Waals surface area contributed by atoms with Crippen LogP contribution in [-0.4, -0.2) is 18.0 Å². The zero-order valence-corrected chi connectivity index (χ0v) is 11.6. The van der Waals surface area contributed by atoms with E-state index in [-0.39, 0.29) is 11.4 Å². The number of hydrogen-bond acceptors (Lipinski definition) is 2. The standard InChI is InChI=1S/C14H19ClN2O/c1-9-4-3-5-11(12(9)15)13(18)17-14(2,8-16)10-6-7-10/h3-5,10H,6-8,16H2,1-2H3,(H,17,18). The number of nitrogens with two attached hydrogens (primary N) is 1. The largest absolute Gasteiger partial charge is 0.345 e. The highest BCUT2D eigenvalue weighted by atomic mass is 35.5. The molecule has 1 aromatic carbocycles. The molecule has 0 heterocycles. The Bertz CT molecular complexity index is 471. The normalized spacial score (nSPS) is 18.2. The van der Waals surface area contributed by atoms with Crippen LogP contribution in [0.4, 0.5) is 0 Å². The number of benzene rings is 1. The maximum Gasteiger partial charge on any atom is 0.253 e. The second-order valence-electron chi connectivity index (χ2n) is 5.29. The molecule has 0 aliphatic heterocycles. The van der Waals surface area contributed by atoms with E-state index in [4.69, 9.17) is 17.3 Å². The molecule has 1 unspecified atom stereocenters. The second-order valence-corrected chi connectivity index (χ2v) is 5.66. The summed E-state index contributed by atoms with van der Waals surface area (Å²) in [6, 6.07) is 5.48. The summed E-state index contributed by atoms with van der Waals surface area (Å²) in [5, 5.41) is 3.56. The minimum atomic E-state index is -0.315. The predicted molar refractivity (Wildman–Crippen MR) is 73.8 cm³/mol. The molecule has 2 rings (SSSR count). The second kappa shape index (κ2) is 4.90. The molecule has 0 saturated heterocycles. The van der Waals surface area contributed by atoms with Crippen molar-refractivity contribution in [3.8, 4) is 0 Å². The van der Waals surface area contributed by atoms with E-state index in [0.29, 0.717) is 23.0 Å². The van der Waals surface area contributed by atoms with Gasteiger partial charge in [0.25, 0.3) is 5.91 Å². The molecule has 0 bridgehead atoms. The van der Waals surface area contributed by atoms with Gasteiger partial charge in [-0.05, 0) is 44.2 Å². The van der Waals surface area contributed by atoms with Crippen LogP contribution in [0.15, 0.2) is 18.2 Å². The number of carbonyl (C=O) groups is 1. The van der Waals surface area contributed by atoms with Crippen LogP contribution in [0.1, 0.15) is 35.7 Å². The molecule has 3 nitrogen and oxygen atoms in total. The number of rotatable bonds is 4. The van der Waals surface area contributed by atoms with Crippen LogP contribution < -0.4 is 11.1 Å². The molecule has 1 aromatic rings. The van der Waals surface area contributed by atoms with Crippen LogP contribution in [0.25, 0.3) is 0 Å². The Morgan fingerprint density at radius 2 is 2.22 bits per heavy atom. The molecule has 3 N–H and O–H groups in total. The molecule has 1 aliphatic carbocycles. The van der Waals surface area contributed by atoms with E-state index in [9.17, 15) is 4.79 Å². The number of halogens is 1. The summed E-state index contributed by atoms with van der Waals surface area (Å²) in [7, 11) is 0. The third-order valence-corrected chi connectivity index (χ3v) is 4.24. The molecule has 1 saturated carbocycles. The van der Waals surface area contributed by atoms with Gasteiger partial charge in [-0.1, -0.05) is 23.7 Å². The first-order valence-electron chi connectivity index (χ1n) is 6.25. The molecule has 4 heteroatoms. The average Bonchev–Trinajstić information content (AvgIpc) is 3.16. The Balaban J connectivity index is 2.19. The fraction of sp³-hybridized carbons (Fsp3) is 0.500. The lowest BCUT2D eigenvalue weighted by Gasteiger charge is -2.29. The van der Waals surface area contributed by atoms with Gasteiger partial charge in [0, 0.05) is 6.54 Å². The number of aryl methyl sites for hydroxylation is 1. The van der Waals surface area contributed by atoms with Crippen LogP contribution in [0.2, 0.25) is 5.02 Å². The number of hydrogen-bond donors (Lipinski definition) is 2. The smallest absolute Gasteiger partial charge is 0.253 e. The molecular formula is C14H19ClN2O. The maximum absolute atomic E-state index is 12.3. The first-order chi connectivity index (χ1) is 8.48. The lowest BCUT2D eigenvalue weighted by Crippen LogP contribution is -2.53. The highest BCUT2D eigenvalue weighted by molar-refractivity contribution is 6.34. The lowest BCUT2D eigenvalue weighted by molar-refractivity contribution is 0.0898. The molecule has 1 aliphatic rings. The van der Waals surface area contributed by atoms with Gasteiger partial charge in [-0.25, -0.2) is 0 Å². The number of nitrogens with one attached hydrogen (secondary N) is 1. The molecule has 1 atom stereocenters. The summed E-state index contributed by atoms with van der Waals surface area (Å²) in [5.41, 5.74) is 6.91. The molecule has 0 aromatic heterocycles. The summed E-state index contributed by atoms with van der Waals surface area (Å²) < 4.78 is 0. The Morgan fingerprint density at radius 1 is 1.56 bits per heavy atom. The molecule has 1 fully saturated rings. The average molecular weight is 267 g/mol. The van der Waals surface area contributed by atoms with Gasteiger partial charge in [0.15, 0.2) is 0 Å². The van der Waals surface area contributed by atoms with Crippen molar-refractivity contribution in [3.63, 3.8) is 0 Å². The SMILES string of the molecule is Cc1cccc(C(=O)NC(C)(CN)C2CC2)c1Cl. The Hall–Kier alpha value is -1.06. The van der Waals surface area contributed by atoms with Crippen molar-refractivity contribution in [2.24, 2.45) is 11.7 Å². The van der Waals surface area contributed by atoms with Gasteiger partial charge in [0.2, 0.25) is 0 Å². The molecule has 18 heavy (non-hydrogen) atoms. The van der Waals surface area contributed by atoms with Crippen molar-refractivity contribution >= 4 is 17.5 Å². The highest BCUT2D eigenvalue weighted by Crippen LogP contribution is 2.39.